The van der Waals surface area contributed by atoms with Crippen molar-refractivity contribution in [3.63, 3.8) is 0 Å². The van der Waals surface area contributed by atoms with Crippen LogP contribution in [-0.2, 0) is 10.2 Å². The first-order valence-corrected chi connectivity index (χ1v) is 6.44. The molecular formula is C15H18O2. The second kappa shape index (κ2) is 3.59. The first-order chi connectivity index (χ1) is 8.11. The van der Waals surface area contributed by atoms with Gasteiger partial charge in [0.1, 0.15) is 0 Å². The Morgan fingerprint density at radius 1 is 1.47 bits per heavy atom. The van der Waals surface area contributed by atoms with Gasteiger partial charge in [-0.15, -0.1) is 0 Å². The van der Waals surface area contributed by atoms with Crippen molar-refractivity contribution in [3.8, 4) is 0 Å². The van der Waals surface area contributed by atoms with E-state index >= 15 is 0 Å². The van der Waals surface area contributed by atoms with Gasteiger partial charge in [0.05, 0.1) is 6.42 Å². The maximum atomic E-state index is 10.9. The summed E-state index contributed by atoms with van der Waals surface area (Å²) in [6.07, 6.45) is 5.14. The van der Waals surface area contributed by atoms with Crippen molar-refractivity contribution < 1.29 is 9.90 Å². The number of benzene rings is 1. The van der Waals surface area contributed by atoms with E-state index in [0.717, 1.165) is 6.42 Å². The third kappa shape index (κ3) is 1.58. The van der Waals surface area contributed by atoms with Crippen LogP contribution in [0.5, 0.6) is 0 Å². The average molecular weight is 230 g/mol. The molecule has 1 atom stereocenters. The molecule has 1 unspecified atom stereocenters. The zero-order valence-corrected chi connectivity index (χ0v) is 10.2. The Kier molecular flexibility index (Phi) is 2.29. The van der Waals surface area contributed by atoms with Crippen molar-refractivity contribution in [1.82, 2.24) is 0 Å². The highest BCUT2D eigenvalue weighted by molar-refractivity contribution is 5.69. The number of hydrogen-bond donors (Lipinski definition) is 1. The number of rotatable bonds is 2. The molecule has 2 nitrogen and oxygen atoms in total. The molecule has 17 heavy (non-hydrogen) atoms. The summed E-state index contributed by atoms with van der Waals surface area (Å²) in [5, 5.41) is 9.01. The number of carboxylic acid groups (broad SMARTS) is 1. The molecule has 3 rings (SSSR count). The second-order valence-corrected chi connectivity index (χ2v) is 5.72. The van der Waals surface area contributed by atoms with Crippen molar-refractivity contribution in [2.24, 2.45) is 0 Å². The van der Waals surface area contributed by atoms with E-state index < -0.39 is 5.97 Å². The molecule has 0 amide bonds. The molecule has 1 aromatic carbocycles. The molecule has 0 heterocycles. The van der Waals surface area contributed by atoms with E-state index in [9.17, 15) is 4.79 Å². The largest absolute Gasteiger partial charge is 0.481 e. The van der Waals surface area contributed by atoms with E-state index in [1.165, 1.54) is 36.0 Å². The minimum Gasteiger partial charge on any atom is -0.481 e. The predicted molar refractivity (Wildman–Crippen MR) is 66.3 cm³/mol. The molecule has 1 saturated carbocycles. The average Bonchev–Trinajstić information content (AvgIpc) is 2.51. The monoisotopic (exact) mass is 230 g/mol. The van der Waals surface area contributed by atoms with Crippen molar-refractivity contribution >= 4 is 5.97 Å². The van der Waals surface area contributed by atoms with Crippen molar-refractivity contribution in [3.05, 3.63) is 34.9 Å². The van der Waals surface area contributed by atoms with Crippen LogP contribution in [0, 0.1) is 6.92 Å². The van der Waals surface area contributed by atoms with E-state index in [2.05, 4.69) is 25.1 Å². The molecule has 1 spiro atoms. The number of aryl methyl sites for hydroxylation is 1. The fourth-order valence-electron chi connectivity index (χ4n) is 3.65. The Balaban J connectivity index is 2.02. The van der Waals surface area contributed by atoms with Gasteiger partial charge in [-0.3, -0.25) is 4.79 Å². The standard InChI is InChI=1S/C15H18O2/c1-10-3-4-12-11(8-14(16)17)9-15(5-2-6-15)13(12)7-10/h3-4,7,11H,2,5-6,8-9H2,1H3,(H,16,17). The maximum absolute atomic E-state index is 10.9. The summed E-state index contributed by atoms with van der Waals surface area (Å²) < 4.78 is 0. The number of fused-ring (bicyclic) bond motifs is 2. The highest BCUT2D eigenvalue weighted by Gasteiger charge is 2.47. The van der Waals surface area contributed by atoms with Gasteiger partial charge < -0.3 is 5.11 Å². The molecule has 2 aliphatic carbocycles. The normalized spacial score (nSPS) is 24.4. The van der Waals surface area contributed by atoms with Crippen LogP contribution in [0.2, 0.25) is 0 Å². The fourth-order valence-corrected chi connectivity index (χ4v) is 3.65. The van der Waals surface area contributed by atoms with E-state index in [4.69, 9.17) is 5.11 Å². The summed E-state index contributed by atoms with van der Waals surface area (Å²) in [5.74, 6) is -0.429. The van der Waals surface area contributed by atoms with Crippen LogP contribution < -0.4 is 0 Å². The van der Waals surface area contributed by atoms with Crippen LogP contribution in [0.25, 0.3) is 0 Å². The first kappa shape index (κ1) is 10.8. The van der Waals surface area contributed by atoms with Crippen LogP contribution in [0.4, 0.5) is 0 Å². The van der Waals surface area contributed by atoms with Gasteiger partial charge in [0.2, 0.25) is 0 Å². The molecule has 1 N–H and O–H groups in total. The van der Waals surface area contributed by atoms with Crippen LogP contribution in [0.15, 0.2) is 18.2 Å². The van der Waals surface area contributed by atoms with Gasteiger partial charge in [0, 0.05) is 0 Å². The molecule has 0 aromatic heterocycles. The second-order valence-electron chi connectivity index (χ2n) is 5.72. The van der Waals surface area contributed by atoms with Gasteiger partial charge in [-0.05, 0) is 48.6 Å². The van der Waals surface area contributed by atoms with Gasteiger partial charge in [-0.25, -0.2) is 0 Å². The minimum absolute atomic E-state index is 0.239. The summed E-state index contributed by atoms with van der Waals surface area (Å²) in [4.78, 5) is 10.9. The van der Waals surface area contributed by atoms with Crippen LogP contribution in [0.1, 0.15) is 54.7 Å². The van der Waals surface area contributed by atoms with Gasteiger partial charge in [-0.1, -0.05) is 30.2 Å². The number of aliphatic carboxylic acids is 1. The zero-order chi connectivity index (χ0) is 12.0. The smallest absolute Gasteiger partial charge is 0.303 e. The lowest BCUT2D eigenvalue weighted by atomic mass is 9.64. The minimum atomic E-state index is -0.669. The first-order valence-electron chi connectivity index (χ1n) is 6.44. The fraction of sp³-hybridized carbons (Fsp3) is 0.533. The molecule has 1 aromatic rings. The van der Waals surface area contributed by atoms with Crippen molar-refractivity contribution in [2.45, 2.75) is 50.4 Å². The van der Waals surface area contributed by atoms with Gasteiger partial charge in [0.25, 0.3) is 0 Å². The number of carboxylic acids is 1. The van der Waals surface area contributed by atoms with Crippen LogP contribution >= 0.6 is 0 Å². The third-order valence-electron chi connectivity index (χ3n) is 4.59. The Bertz CT molecular complexity index is 472. The van der Waals surface area contributed by atoms with Crippen molar-refractivity contribution in [1.29, 1.82) is 0 Å². The van der Waals surface area contributed by atoms with Crippen LogP contribution in [-0.4, -0.2) is 11.1 Å². The highest BCUT2D eigenvalue weighted by atomic mass is 16.4. The molecule has 90 valence electrons. The summed E-state index contributed by atoms with van der Waals surface area (Å²) in [5.41, 5.74) is 4.39. The Labute approximate surface area is 102 Å². The topological polar surface area (TPSA) is 37.3 Å². The Hall–Kier alpha value is -1.31. The molecule has 2 aliphatic rings. The molecular weight excluding hydrogens is 212 g/mol. The highest BCUT2D eigenvalue weighted by Crippen LogP contribution is 2.57. The molecule has 0 bridgehead atoms. The van der Waals surface area contributed by atoms with Gasteiger partial charge >= 0.3 is 5.97 Å². The Morgan fingerprint density at radius 2 is 2.24 bits per heavy atom. The molecule has 0 saturated heterocycles. The molecule has 0 radical (unpaired) electrons. The molecule has 1 fully saturated rings. The summed E-state index contributed by atoms with van der Waals surface area (Å²) >= 11 is 0. The van der Waals surface area contributed by atoms with Gasteiger partial charge in [-0.2, -0.15) is 0 Å². The number of carbonyl (C=O) groups is 1. The maximum Gasteiger partial charge on any atom is 0.303 e. The lowest BCUT2D eigenvalue weighted by molar-refractivity contribution is -0.137. The quantitative estimate of drug-likeness (QED) is 0.845. The van der Waals surface area contributed by atoms with Gasteiger partial charge in [0.15, 0.2) is 0 Å². The zero-order valence-electron chi connectivity index (χ0n) is 10.2. The summed E-state index contributed by atoms with van der Waals surface area (Å²) in [6.45, 7) is 2.12. The lowest BCUT2D eigenvalue weighted by Crippen LogP contribution is -2.31. The molecule has 2 heteroatoms. The van der Waals surface area contributed by atoms with E-state index in [1.807, 2.05) is 0 Å². The van der Waals surface area contributed by atoms with Crippen molar-refractivity contribution in [2.75, 3.05) is 0 Å². The van der Waals surface area contributed by atoms with E-state index in [1.54, 1.807) is 0 Å². The van der Waals surface area contributed by atoms with E-state index in [-0.39, 0.29) is 12.3 Å². The Morgan fingerprint density at radius 3 is 2.82 bits per heavy atom. The third-order valence-corrected chi connectivity index (χ3v) is 4.59. The summed E-state index contributed by atoms with van der Waals surface area (Å²) in [6, 6.07) is 6.56. The summed E-state index contributed by atoms with van der Waals surface area (Å²) in [7, 11) is 0. The number of hydrogen-bond acceptors (Lipinski definition) is 1. The van der Waals surface area contributed by atoms with Crippen LogP contribution in [0.3, 0.4) is 0 Å². The lowest BCUT2D eigenvalue weighted by Gasteiger charge is -2.40. The SMILES string of the molecule is Cc1ccc2c(c1)C1(CCC1)CC2CC(=O)O. The molecule has 0 aliphatic heterocycles. The van der Waals surface area contributed by atoms with E-state index in [0.29, 0.717) is 5.41 Å². The predicted octanol–water partition coefficient (Wildman–Crippen LogP) is 3.38.